The second-order valence-electron chi connectivity index (χ2n) is 5.47. The Morgan fingerprint density at radius 1 is 0.769 bits per heavy atom. The molecule has 3 aromatic rings. The summed E-state index contributed by atoms with van der Waals surface area (Å²) in [6.07, 6.45) is 0. The number of esters is 1. The number of benzene rings is 3. The van der Waals surface area contributed by atoms with Gasteiger partial charge >= 0.3 is 164 Å². The molecule has 135 valence electrons. The molecule has 0 aromatic heterocycles. The van der Waals surface area contributed by atoms with Gasteiger partial charge in [-0.25, -0.2) is 0 Å². The Bertz CT molecular complexity index is 819. The molecule has 0 fully saturated rings. The van der Waals surface area contributed by atoms with Gasteiger partial charge in [0.15, 0.2) is 0 Å². The molecular weight excluding hydrogens is 524 g/mol. The van der Waals surface area contributed by atoms with Crippen molar-refractivity contribution in [2.45, 2.75) is 0 Å². The van der Waals surface area contributed by atoms with E-state index in [2.05, 4.69) is 82.9 Å². The van der Waals surface area contributed by atoms with E-state index in [9.17, 15) is 4.79 Å². The summed E-state index contributed by atoms with van der Waals surface area (Å²) in [5.41, 5.74) is 0. The number of hydrogen-bond acceptors (Lipinski definition) is 2. The van der Waals surface area contributed by atoms with Crippen LogP contribution in [0.5, 0.6) is 0 Å². The quantitative estimate of drug-likeness (QED) is 0.219. The third-order valence-corrected chi connectivity index (χ3v) is 16.6. The van der Waals surface area contributed by atoms with Gasteiger partial charge in [-0.2, -0.15) is 0 Å². The van der Waals surface area contributed by atoms with Gasteiger partial charge in [-0.05, 0) is 0 Å². The van der Waals surface area contributed by atoms with Crippen LogP contribution in [0.2, 0.25) is 0 Å². The Hall–Kier alpha value is -2.14. The fraction of sp³-hybridized carbons (Fsp3) is 0.0455. The Morgan fingerprint density at radius 2 is 1.15 bits per heavy atom. The molecule has 0 bridgehead atoms. The van der Waals surface area contributed by atoms with Crippen LogP contribution in [0.4, 0.5) is 0 Å². The molecule has 0 radical (unpaired) electrons. The number of methoxy groups -OCH3 is 1. The molecular formula is C22H19AuO2P. The van der Waals surface area contributed by atoms with E-state index in [-0.39, 0.29) is 0 Å². The number of hydrogen-bond donors (Lipinski definition) is 0. The number of carbonyl (C=O) groups excluding carboxylic acids is 1. The fourth-order valence-electron chi connectivity index (χ4n) is 2.75. The summed E-state index contributed by atoms with van der Waals surface area (Å²) in [4.78, 5) is 11.5. The van der Waals surface area contributed by atoms with Gasteiger partial charge in [0.1, 0.15) is 0 Å². The normalized spacial score (nSPS) is 11.3. The van der Waals surface area contributed by atoms with Gasteiger partial charge in [0, 0.05) is 0 Å². The summed E-state index contributed by atoms with van der Waals surface area (Å²) >= 11 is -0.483. The van der Waals surface area contributed by atoms with E-state index in [1.807, 2.05) is 18.2 Å². The topological polar surface area (TPSA) is 26.3 Å². The van der Waals surface area contributed by atoms with Crippen LogP contribution in [0.3, 0.4) is 0 Å². The van der Waals surface area contributed by atoms with E-state index in [1.165, 1.54) is 23.0 Å². The van der Waals surface area contributed by atoms with Crippen molar-refractivity contribution in [3.05, 3.63) is 91.0 Å². The molecule has 0 atom stereocenters. The Kier molecular flexibility index (Phi) is 6.45. The van der Waals surface area contributed by atoms with Crippen molar-refractivity contribution in [1.82, 2.24) is 0 Å². The molecule has 3 aromatic carbocycles. The second-order valence-corrected chi connectivity index (χ2v) is 15.6. The van der Waals surface area contributed by atoms with Crippen LogP contribution >= 0.6 is 5.15 Å². The predicted octanol–water partition coefficient (Wildman–Crippen LogP) is 2.84. The first-order valence-electron chi connectivity index (χ1n) is 8.10. The average molecular weight is 543 g/mol. The molecule has 0 aliphatic heterocycles. The molecule has 4 heteroatoms. The Balaban J connectivity index is 2.24. The van der Waals surface area contributed by atoms with E-state index in [0.29, 0.717) is 0 Å². The maximum atomic E-state index is 11.5. The van der Waals surface area contributed by atoms with Crippen molar-refractivity contribution in [1.29, 1.82) is 0 Å². The molecule has 0 aliphatic carbocycles. The van der Waals surface area contributed by atoms with Crippen molar-refractivity contribution in [3.8, 4) is 10.1 Å². The first-order chi connectivity index (χ1) is 12.8. The molecule has 0 heterocycles. The zero-order valence-electron chi connectivity index (χ0n) is 14.3. The summed E-state index contributed by atoms with van der Waals surface area (Å²) in [6.45, 7) is 0. The van der Waals surface area contributed by atoms with Crippen molar-refractivity contribution in [2.75, 3.05) is 7.11 Å². The fourth-order valence-corrected chi connectivity index (χ4v) is 14.0. The maximum absolute atomic E-state index is 11.5. The Labute approximate surface area is 163 Å². The summed E-state index contributed by atoms with van der Waals surface area (Å²) < 4.78 is 7.91. The van der Waals surface area contributed by atoms with E-state index in [1.54, 1.807) is 0 Å². The van der Waals surface area contributed by atoms with Crippen LogP contribution in [-0.2, 0) is 28.8 Å². The third kappa shape index (κ3) is 3.98. The molecule has 0 saturated heterocycles. The van der Waals surface area contributed by atoms with Gasteiger partial charge in [-0.3, -0.25) is 0 Å². The number of rotatable bonds is 4. The van der Waals surface area contributed by atoms with Crippen LogP contribution in [0.25, 0.3) is 0 Å². The zero-order chi connectivity index (χ0) is 18.2. The first-order valence-corrected chi connectivity index (χ1v) is 14.2. The summed E-state index contributed by atoms with van der Waals surface area (Å²) in [5.74, 6) is 2.19. The molecule has 0 unspecified atom stereocenters. The monoisotopic (exact) mass is 543 g/mol. The molecule has 26 heavy (non-hydrogen) atoms. The van der Waals surface area contributed by atoms with E-state index >= 15 is 0 Å². The predicted molar refractivity (Wildman–Crippen MR) is 106 cm³/mol. The number of carbonyl (C=O) groups is 1. The van der Waals surface area contributed by atoms with Gasteiger partial charge in [0.25, 0.3) is 0 Å². The van der Waals surface area contributed by atoms with E-state index in [0.717, 1.165) is 0 Å². The summed E-state index contributed by atoms with van der Waals surface area (Å²) in [7, 11) is 1.37. The second kappa shape index (κ2) is 8.99. The molecule has 0 aliphatic rings. The molecule has 0 N–H and O–H groups in total. The Morgan fingerprint density at radius 3 is 1.50 bits per heavy atom. The van der Waals surface area contributed by atoms with Gasteiger partial charge < -0.3 is 0 Å². The first kappa shape index (κ1) is 18.6. The molecule has 2 nitrogen and oxygen atoms in total. The van der Waals surface area contributed by atoms with Crippen LogP contribution in [-0.4, -0.2) is 13.1 Å². The van der Waals surface area contributed by atoms with E-state index in [4.69, 9.17) is 4.74 Å². The van der Waals surface area contributed by atoms with Crippen LogP contribution in [0.1, 0.15) is 0 Å². The molecule has 3 rings (SSSR count). The zero-order valence-corrected chi connectivity index (χ0v) is 17.4. The van der Waals surface area contributed by atoms with Crippen LogP contribution < -0.4 is 15.9 Å². The molecule has 0 saturated carbocycles. The van der Waals surface area contributed by atoms with Crippen molar-refractivity contribution >= 4 is 27.0 Å². The van der Waals surface area contributed by atoms with Gasteiger partial charge in [0.05, 0.1) is 0 Å². The minimum atomic E-state index is -2.29. The van der Waals surface area contributed by atoms with Crippen molar-refractivity contribution < 1.29 is 28.8 Å². The van der Waals surface area contributed by atoms with Crippen molar-refractivity contribution in [2.24, 2.45) is 0 Å². The number of ether oxygens (including phenoxy) is 1. The van der Waals surface area contributed by atoms with Crippen LogP contribution in [0, 0.1) is 10.1 Å². The van der Waals surface area contributed by atoms with Gasteiger partial charge in [-0.15, -0.1) is 0 Å². The SMILES string of the molecule is COC(=O)C#[C][Au][PH](c1ccccc1)(c1ccccc1)c1ccccc1. The van der Waals surface area contributed by atoms with E-state index < -0.39 is 30.3 Å². The minimum absolute atomic E-state index is 0.474. The van der Waals surface area contributed by atoms with Gasteiger partial charge in [-0.1, -0.05) is 0 Å². The summed E-state index contributed by atoms with van der Waals surface area (Å²) in [5, 5.41) is 1.67. The average Bonchev–Trinajstić information content (AvgIpc) is 2.73. The van der Waals surface area contributed by atoms with Crippen LogP contribution in [0.15, 0.2) is 91.0 Å². The van der Waals surface area contributed by atoms with Gasteiger partial charge in [0.2, 0.25) is 0 Å². The summed E-state index contributed by atoms with van der Waals surface area (Å²) in [6, 6.07) is 31.8. The molecule has 0 amide bonds. The molecule has 0 spiro atoms. The standard InChI is InChI=1S/C18H15P.C4H3O2.Au/c1-4-10-16(11-5-1)19(17-12-6-2-7-13-17)18-14-8-3-9-15-18;1-3-4(5)6-2;/h1-15H;2H3;/q;;-1/p+1. The third-order valence-electron chi connectivity index (χ3n) is 3.92. The van der Waals surface area contributed by atoms with Crippen molar-refractivity contribution in [3.63, 3.8) is 0 Å².